The topological polar surface area (TPSA) is 406 Å². The van der Waals surface area contributed by atoms with Gasteiger partial charge in [-0.15, -0.1) is 0 Å². The number of rotatable bonds is 18. The third-order valence-electron chi connectivity index (χ3n) is 11.0. The molecule has 0 saturated carbocycles. The van der Waals surface area contributed by atoms with Crippen LogP contribution in [0.4, 0.5) is 0 Å². The van der Waals surface area contributed by atoms with Gasteiger partial charge in [0.1, 0.15) is 79.4 Å². The van der Waals surface area contributed by atoms with Gasteiger partial charge in [-0.2, -0.15) is 0 Å². The van der Waals surface area contributed by atoms with Crippen molar-refractivity contribution in [3.8, 4) is 0 Å². The Bertz CT molecular complexity index is 1190. The summed E-state index contributed by atoms with van der Waals surface area (Å²) in [4.78, 5) is 0. The van der Waals surface area contributed by atoms with Crippen molar-refractivity contribution in [2.24, 2.45) is 17.2 Å². The molecule has 0 bridgehead atoms. The molecule has 4 heterocycles. The van der Waals surface area contributed by atoms with E-state index in [1.54, 1.807) is 0 Å². The van der Waals surface area contributed by atoms with Gasteiger partial charge in [0.05, 0.1) is 50.7 Å². The smallest absolute Gasteiger partial charge is 0.195 e. The average Bonchev–Trinajstić information content (AvgIpc) is 3.18. The lowest BCUT2D eigenvalue weighted by Crippen LogP contribution is -2.72. The van der Waals surface area contributed by atoms with Gasteiger partial charge in [0, 0.05) is 12.8 Å². The molecule has 23 nitrogen and oxygen atoms in total. The molecule has 4 aliphatic rings. The third-order valence-corrected chi connectivity index (χ3v) is 11.0. The molecule has 330 valence electrons. The molecule has 21 atom stereocenters. The summed E-state index contributed by atoms with van der Waals surface area (Å²) in [5, 5.41) is 138. The molecule has 0 aliphatic carbocycles. The molecule has 0 aromatic heterocycles. The number of hydrogen-bond donors (Lipinski definition) is 16. The zero-order chi connectivity index (χ0) is 41.7. The fourth-order valence-electron chi connectivity index (χ4n) is 7.53. The second-order valence-electron chi connectivity index (χ2n) is 15.1. The molecule has 0 amide bonds. The highest BCUT2D eigenvalue weighted by Gasteiger charge is 2.59. The van der Waals surface area contributed by atoms with Gasteiger partial charge in [-0.25, -0.2) is 0 Å². The Morgan fingerprint density at radius 3 is 1.96 bits per heavy atom. The zero-order valence-electron chi connectivity index (χ0n) is 31.2. The quantitative estimate of drug-likeness (QED) is 0.0571. The predicted octanol–water partition coefficient (Wildman–Crippen LogP) is -8.40. The SMILES string of the molecule is C[C@@H]1O[C@@H](O[C@H]2[C@H](O[C@@H]3O[C@H](CO)[C@H](O)[C@H](O[C@]4(CO)C[C@H](O)[C@@H](N)[C@H]([C@H](O)[C@H](O)CO)O4)[C@H]3O)[C@@H](CO)O[C@](O)(CCCCCCN)[C@@H]2N)[C@@H](O)[C@H](O)[C@@H]1O. The molecule has 0 unspecified atom stereocenters. The van der Waals surface area contributed by atoms with Gasteiger partial charge < -0.3 is 117 Å². The number of aliphatic hydroxyl groups is 13. The summed E-state index contributed by atoms with van der Waals surface area (Å²) in [7, 11) is 0. The first kappa shape index (κ1) is 47.8. The van der Waals surface area contributed by atoms with Crippen LogP contribution >= 0.6 is 0 Å². The van der Waals surface area contributed by atoms with E-state index in [9.17, 15) is 66.4 Å². The monoisotopic (exact) mass is 821 g/mol. The van der Waals surface area contributed by atoms with Crippen LogP contribution in [0.3, 0.4) is 0 Å². The van der Waals surface area contributed by atoms with Crippen molar-refractivity contribution < 1.29 is 99.5 Å². The molecule has 0 radical (unpaired) electrons. The van der Waals surface area contributed by atoms with E-state index in [0.717, 1.165) is 12.8 Å². The normalized spacial score (nSPS) is 47.4. The first-order valence-corrected chi connectivity index (χ1v) is 18.9. The molecule has 0 spiro atoms. The van der Waals surface area contributed by atoms with Crippen LogP contribution in [0.5, 0.6) is 0 Å². The van der Waals surface area contributed by atoms with Crippen molar-refractivity contribution in [3.63, 3.8) is 0 Å². The van der Waals surface area contributed by atoms with Gasteiger partial charge >= 0.3 is 0 Å². The summed E-state index contributed by atoms with van der Waals surface area (Å²) in [5.41, 5.74) is 18.2. The van der Waals surface area contributed by atoms with E-state index in [-0.39, 0.29) is 6.42 Å². The lowest BCUT2D eigenvalue weighted by atomic mass is 9.87. The predicted molar refractivity (Wildman–Crippen MR) is 184 cm³/mol. The lowest BCUT2D eigenvalue weighted by molar-refractivity contribution is -0.405. The summed E-state index contributed by atoms with van der Waals surface area (Å²) in [5.74, 6) is -4.53. The van der Waals surface area contributed by atoms with Crippen LogP contribution in [-0.2, 0) is 33.2 Å². The number of ether oxygens (including phenoxy) is 7. The first-order valence-electron chi connectivity index (χ1n) is 18.9. The third kappa shape index (κ3) is 10.3. The van der Waals surface area contributed by atoms with Gasteiger partial charge in [-0.05, 0) is 26.3 Å². The summed E-state index contributed by atoms with van der Waals surface area (Å²) >= 11 is 0. The molecule has 19 N–H and O–H groups in total. The van der Waals surface area contributed by atoms with Gasteiger partial charge in [-0.3, -0.25) is 0 Å². The van der Waals surface area contributed by atoms with E-state index in [4.69, 9.17) is 50.4 Å². The van der Waals surface area contributed by atoms with Crippen molar-refractivity contribution in [2.45, 2.75) is 173 Å². The Hall–Kier alpha value is -0.920. The summed E-state index contributed by atoms with van der Waals surface area (Å²) in [6.07, 6.45) is -27.2. The molecule has 4 fully saturated rings. The maximum atomic E-state index is 11.7. The van der Waals surface area contributed by atoms with Crippen LogP contribution in [0.15, 0.2) is 0 Å². The summed E-state index contributed by atoms with van der Waals surface area (Å²) < 4.78 is 41.1. The van der Waals surface area contributed by atoms with E-state index in [1.807, 2.05) is 0 Å². The second-order valence-corrected chi connectivity index (χ2v) is 15.1. The molecule has 4 saturated heterocycles. The van der Waals surface area contributed by atoms with Crippen LogP contribution in [0, 0.1) is 0 Å². The molecule has 0 aromatic carbocycles. The van der Waals surface area contributed by atoms with Gasteiger partial charge in [0.25, 0.3) is 0 Å². The highest BCUT2D eigenvalue weighted by Crippen LogP contribution is 2.40. The van der Waals surface area contributed by atoms with Gasteiger partial charge in [-0.1, -0.05) is 12.8 Å². The van der Waals surface area contributed by atoms with Crippen LogP contribution in [0.2, 0.25) is 0 Å². The average molecular weight is 822 g/mol. The van der Waals surface area contributed by atoms with E-state index in [0.29, 0.717) is 19.4 Å². The fourth-order valence-corrected chi connectivity index (χ4v) is 7.53. The highest BCUT2D eigenvalue weighted by atomic mass is 16.8. The van der Waals surface area contributed by atoms with Crippen molar-refractivity contribution in [2.75, 3.05) is 33.0 Å². The van der Waals surface area contributed by atoms with Crippen LogP contribution in [0.1, 0.15) is 45.4 Å². The van der Waals surface area contributed by atoms with E-state index in [1.165, 1.54) is 6.92 Å². The standard InChI is InChI=1S/C33H63N3O20/c1-13-19(43)22(46)23(47)30(50-13)53-28-25(17(11-39)54-33(49,29(28)36)6-4-2-3-5-7-34)52-31-24(48)27(21(45)16(10-38)51-31)56-32(12-40)8-14(41)18(35)26(55-32)20(44)15(42)9-37/h13-31,37-49H,2-12,34-36H2,1H3/t13-,14-,15+,16+,17+,18+,19+,20+,21-,22+,23-,24+,25+,26+,27-,28-,29+,30-,31-,32-,33+/m0/s1. The Morgan fingerprint density at radius 1 is 0.732 bits per heavy atom. The van der Waals surface area contributed by atoms with E-state index < -0.39 is 161 Å². The van der Waals surface area contributed by atoms with Crippen molar-refractivity contribution in [1.29, 1.82) is 0 Å². The summed E-state index contributed by atoms with van der Waals surface area (Å²) in [6, 6.07) is -2.92. The minimum atomic E-state index is -2.34. The Balaban J connectivity index is 1.65. The largest absolute Gasteiger partial charge is 0.394 e. The van der Waals surface area contributed by atoms with Gasteiger partial charge in [0.15, 0.2) is 24.2 Å². The second kappa shape index (κ2) is 20.6. The molecular formula is C33H63N3O20. The van der Waals surface area contributed by atoms with Crippen LogP contribution in [-0.4, -0.2) is 227 Å². The van der Waals surface area contributed by atoms with Crippen molar-refractivity contribution in [3.05, 3.63) is 0 Å². The fraction of sp³-hybridized carbons (Fsp3) is 1.00. The van der Waals surface area contributed by atoms with Crippen molar-refractivity contribution >= 4 is 0 Å². The number of nitrogens with two attached hydrogens (primary N) is 3. The number of aliphatic hydroxyl groups excluding tert-OH is 12. The Labute approximate surface area is 323 Å². The molecule has 56 heavy (non-hydrogen) atoms. The molecule has 0 aromatic rings. The molecule has 4 rings (SSSR count). The molecular weight excluding hydrogens is 758 g/mol. The van der Waals surface area contributed by atoms with E-state index >= 15 is 0 Å². The maximum Gasteiger partial charge on any atom is 0.195 e. The summed E-state index contributed by atoms with van der Waals surface area (Å²) in [6.45, 7) is -1.93. The number of hydrogen-bond acceptors (Lipinski definition) is 23. The Morgan fingerprint density at radius 2 is 1.36 bits per heavy atom. The van der Waals surface area contributed by atoms with Crippen molar-refractivity contribution in [1.82, 2.24) is 0 Å². The maximum absolute atomic E-state index is 11.7. The van der Waals surface area contributed by atoms with Crippen LogP contribution in [0.25, 0.3) is 0 Å². The number of unbranched alkanes of at least 4 members (excludes halogenated alkanes) is 3. The minimum absolute atomic E-state index is 0.0747. The minimum Gasteiger partial charge on any atom is -0.394 e. The lowest BCUT2D eigenvalue weighted by Gasteiger charge is -2.53. The highest BCUT2D eigenvalue weighted by molar-refractivity contribution is 5.03. The van der Waals surface area contributed by atoms with Gasteiger partial charge in [0.2, 0.25) is 0 Å². The molecule has 4 aliphatic heterocycles. The Kier molecular flexibility index (Phi) is 17.5. The van der Waals surface area contributed by atoms with E-state index in [2.05, 4.69) is 0 Å². The molecule has 23 heteroatoms. The first-order chi connectivity index (χ1) is 26.4. The zero-order valence-corrected chi connectivity index (χ0v) is 31.2. The van der Waals surface area contributed by atoms with Crippen LogP contribution < -0.4 is 17.2 Å².